The summed E-state index contributed by atoms with van der Waals surface area (Å²) in [7, 11) is 0. The Labute approximate surface area is 88.6 Å². The second-order valence-electron chi connectivity index (χ2n) is 4.53. The Morgan fingerprint density at radius 1 is 1.33 bits per heavy atom. The molecule has 5 heteroatoms. The van der Waals surface area contributed by atoms with E-state index in [-0.39, 0.29) is 12.6 Å². The standard InChI is InChI=1S/C10H19F3N2/c1-7(2)15(6-8-3-4-8)9(5-14)10(11,12)13/h7-9H,3-6,14H2,1-2H3. The molecule has 1 saturated carbocycles. The first kappa shape index (κ1) is 12.8. The van der Waals surface area contributed by atoms with Crippen LogP contribution in [0.25, 0.3) is 0 Å². The molecule has 1 unspecified atom stereocenters. The van der Waals surface area contributed by atoms with Crippen LogP contribution < -0.4 is 5.73 Å². The first-order valence-corrected chi connectivity index (χ1v) is 5.38. The number of hydrogen-bond acceptors (Lipinski definition) is 2. The van der Waals surface area contributed by atoms with Gasteiger partial charge in [-0.15, -0.1) is 0 Å². The lowest BCUT2D eigenvalue weighted by Crippen LogP contribution is -2.53. The fourth-order valence-electron chi connectivity index (χ4n) is 1.75. The Bertz CT molecular complexity index is 199. The molecule has 0 aromatic carbocycles. The summed E-state index contributed by atoms with van der Waals surface area (Å²) in [6.45, 7) is 3.75. The second-order valence-corrected chi connectivity index (χ2v) is 4.53. The van der Waals surface area contributed by atoms with Crippen molar-refractivity contribution in [2.24, 2.45) is 11.7 Å². The number of halogens is 3. The fraction of sp³-hybridized carbons (Fsp3) is 1.00. The van der Waals surface area contributed by atoms with E-state index >= 15 is 0 Å². The van der Waals surface area contributed by atoms with Crippen molar-refractivity contribution in [2.45, 2.75) is 44.9 Å². The van der Waals surface area contributed by atoms with E-state index in [1.54, 1.807) is 13.8 Å². The predicted molar refractivity (Wildman–Crippen MR) is 53.5 cm³/mol. The van der Waals surface area contributed by atoms with Crippen LogP contribution in [0.3, 0.4) is 0 Å². The lowest BCUT2D eigenvalue weighted by atomic mass is 10.1. The summed E-state index contributed by atoms with van der Waals surface area (Å²) in [6.07, 6.45) is -2.11. The molecule has 0 saturated heterocycles. The van der Waals surface area contributed by atoms with Gasteiger partial charge < -0.3 is 5.73 Å². The summed E-state index contributed by atoms with van der Waals surface area (Å²) >= 11 is 0. The summed E-state index contributed by atoms with van der Waals surface area (Å²) in [6, 6.07) is -1.60. The molecule has 0 amide bonds. The largest absolute Gasteiger partial charge is 0.405 e. The SMILES string of the molecule is CC(C)N(CC1CC1)C(CN)C(F)(F)F. The zero-order chi connectivity index (χ0) is 11.6. The van der Waals surface area contributed by atoms with Gasteiger partial charge in [0.15, 0.2) is 0 Å². The normalized spacial score (nSPS) is 20.0. The van der Waals surface area contributed by atoms with Crippen LogP contribution in [0.15, 0.2) is 0 Å². The summed E-state index contributed by atoms with van der Waals surface area (Å²) in [5.41, 5.74) is 5.23. The van der Waals surface area contributed by atoms with Gasteiger partial charge in [-0.3, -0.25) is 4.90 Å². The molecule has 0 aromatic heterocycles. The molecule has 15 heavy (non-hydrogen) atoms. The first-order chi connectivity index (χ1) is 6.86. The summed E-state index contributed by atoms with van der Waals surface area (Å²) < 4.78 is 38.0. The van der Waals surface area contributed by atoms with Gasteiger partial charge in [-0.1, -0.05) is 0 Å². The van der Waals surface area contributed by atoms with Crippen molar-refractivity contribution >= 4 is 0 Å². The smallest absolute Gasteiger partial charge is 0.329 e. The molecule has 1 aliphatic rings. The van der Waals surface area contributed by atoms with Gasteiger partial charge in [0, 0.05) is 19.1 Å². The maximum Gasteiger partial charge on any atom is 0.405 e. The van der Waals surface area contributed by atoms with Crippen LogP contribution in [0.2, 0.25) is 0 Å². The topological polar surface area (TPSA) is 29.3 Å². The van der Waals surface area contributed by atoms with Gasteiger partial charge in [-0.25, -0.2) is 0 Å². The summed E-state index contributed by atoms with van der Waals surface area (Å²) in [5, 5.41) is 0. The van der Waals surface area contributed by atoms with Gasteiger partial charge in [0.25, 0.3) is 0 Å². The highest BCUT2D eigenvalue weighted by molar-refractivity contribution is 4.86. The van der Waals surface area contributed by atoms with E-state index in [1.807, 2.05) is 0 Å². The van der Waals surface area contributed by atoms with Crippen molar-refractivity contribution in [3.8, 4) is 0 Å². The third-order valence-corrected chi connectivity index (χ3v) is 2.83. The first-order valence-electron chi connectivity index (χ1n) is 5.38. The van der Waals surface area contributed by atoms with Crippen LogP contribution in [0.5, 0.6) is 0 Å². The lowest BCUT2D eigenvalue weighted by molar-refractivity contribution is -0.186. The van der Waals surface area contributed by atoms with Crippen molar-refractivity contribution in [3.05, 3.63) is 0 Å². The van der Waals surface area contributed by atoms with Gasteiger partial charge in [0.05, 0.1) is 0 Å². The minimum absolute atomic E-state index is 0.110. The molecule has 1 fully saturated rings. The number of nitrogens with zero attached hydrogens (tertiary/aromatic N) is 1. The molecule has 0 aliphatic heterocycles. The van der Waals surface area contributed by atoms with Gasteiger partial charge in [-0.2, -0.15) is 13.2 Å². The molecule has 0 radical (unpaired) electrons. The molecule has 2 N–H and O–H groups in total. The molecule has 1 atom stereocenters. The zero-order valence-electron chi connectivity index (χ0n) is 9.22. The quantitative estimate of drug-likeness (QED) is 0.774. The highest BCUT2D eigenvalue weighted by atomic mass is 19.4. The molecule has 0 heterocycles. The number of rotatable bonds is 5. The van der Waals surface area contributed by atoms with E-state index in [0.29, 0.717) is 12.5 Å². The molecule has 1 aliphatic carbocycles. The predicted octanol–water partition coefficient (Wildman–Crippen LogP) is 2.00. The maximum absolute atomic E-state index is 12.7. The molecule has 0 bridgehead atoms. The van der Waals surface area contributed by atoms with E-state index in [1.165, 1.54) is 4.90 Å². The van der Waals surface area contributed by atoms with Gasteiger partial charge in [0.2, 0.25) is 0 Å². The molecule has 90 valence electrons. The number of alkyl halides is 3. The summed E-state index contributed by atoms with van der Waals surface area (Å²) in [5.74, 6) is 0.448. The van der Waals surface area contributed by atoms with Crippen molar-refractivity contribution in [2.75, 3.05) is 13.1 Å². The van der Waals surface area contributed by atoms with Crippen molar-refractivity contribution in [3.63, 3.8) is 0 Å². The van der Waals surface area contributed by atoms with E-state index in [4.69, 9.17) is 5.73 Å². The Balaban J connectivity index is 2.65. The Kier molecular flexibility index (Phi) is 4.00. The van der Waals surface area contributed by atoms with Gasteiger partial charge in [0.1, 0.15) is 6.04 Å². The average Bonchev–Trinajstić information content (AvgIpc) is 2.84. The molecule has 2 nitrogen and oxygen atoms in total. The summed E-state index contributed by atoms with van der Waals surface area (Å²) in [4.78, 5) is 1.48. The number of hydrogen-bond donors (Lipinski definition) is 1. The Morgan fingerprint density at radius 3 is 2.13 bits per heavy atom. The van der Waals surface area contributed by atoms with Crippen LogP contribution in [-0.2, 0) is 0 Å². The third-order valence-electron chi connectivity index (χ3n) is 2.83. The van der Waals surface area contributed by atoms with Crippen LogP contribution >= 0.6 is 0 Å². The van der Waals surface area contributed by atoms with E-state index in [0.717, 1.165) is 12.8 Å². The van der Waals surface area contributed by atoms with Gasteiger partial charge in [-0.05, 0) is 32.6 Å². The second kappa shape index (κ2) is 4.70. The molecule has 0 aromatic rings. The van der Waals surface area contributed by atoms with E-state index in [2.05, 4.69) is 0 Å². The van der Waals surface area contributed by atoms with Crippen molar-refractivity contribution in [1.82, 2.24) is 4.90 Å². The van der Waals surface area contributed by atoms with Crippen LogP contribution in [0.4, 0.5) is 13.2 Å². The van der Waals surface area contributed by atoms with Gasteiger partial charge >= 0.3 is 6.18 Å². The zero-order valence-corrected chi connectivity index (χ0v) is 9.22. The molecular weight excluding hydrogens is 205 g/mol. The molecule has 0 spiro atoms. The maximum atomic E-state index is 12.7. The minimum Gasteiger partial charge on any atom is -0.329 e. The van der Waals surface area contributed by atoms with Crippen molar-refractivity contribution < 1.29 is 13.2 Å². The molecular formula is C10H19F3N2. The van der Waals surface area contributed by atoms with Crippen LogP contribution in [0.1, 0.15) is 26.7 Å². The van der Waals surface area contributed by atoms with Crippen molar-refractivity contribution in [1.29, 1.82) is 0 Å². The highest BCUT2D eigenvalue weighted by Gasteiger charge is 2.44. The minimum atomic E-state index is -4.21. The van der Waals surface area contributed by atoms with Crippen LogP contribution in [0, 0.1) is 5.92 Å². The number of nitrogens with two attached hydrogens (primary N) is 1. The van der Waals surface area contributed by atoms with Crippen LogP contribution in [-0.4, -0.2) is 36.2 Å². The third kappa shape index (κ3) is 3.65. The monoisotopic (exact) mass is 224 g/mol. The average molecular weight is 224 g/mol. The highest BCUT2D eigenvalue weighted by Crippen LogP contribution is 2.33. The fourth-order valence-corrected chi connectivity index (χ4v) is 1.75. The Hall–Kier alpha value is -0.290. The van der Waals surface area contributed by atoms with E-state index < -0.39 is 12.2 Å². The Morgan fingerprint density at radius 2 is 1.87 bits per heavy atom. The molecule has 1 rings (SSSR count). The van der Waals surface area contributed by atoms with E-state index in [9.17, 15) is 13.2 Å². The lowest BCUT2D eigenvalue weighted by Gasteiger charge is -2.35.